The number of benzene rings is 1. The van der Waals surface area contributed by atoms with E-state index in [2.05, 4.69) is 46.5 Å². The standard InChI is InChI=1S/C19H19N3OS2/c1-14-4-6-16(7-5-14)24-12-2-3-18(23)22-19-21-17(13-25-19)15-8-10-20-11-9-15/h4-11,13H,2-3,12H2,1H3,(H,21,22,23). The normalized spacial score (nSPS) is 10.6. The molecule has 0 fully saturated rings. The van der Waals surface area contributed by atoms with Gasteiger partial charge in [0, 0.05) is 34.7 Å². The van der Waals surface area contributed by atoms with E-state index in [0.29, 0.717) is 11.6 Å². The van der Waals surface area contributed by atoms with Crippen LogP contribution in [0.2, 0.25) is 0 Å². The fraction of sp³-hybridized carbons (Fsp3) is 0.211. The van der Waals surface area contributed by atoms with Gasteiger partial charge in [0.1, 0.15) is 0 Å². The molecule has 0 aliphatic heterocycles. The highest BCUT2D eigenvalue weighted by Crippen LogP contribution is 2.24. The molecule has 0 bridgehead atoms. The molecule has 1 amide bonds. The first kappa shape index (κ1) is 17.6. The molecule has 2 heterocycles. The van der Waals surface area contributed by atoms with Gasteiger partial charge >= 0.3 is 0 Å². The van der Waals surface area contributed by atoms with Crippen LogP contribution in [0.4, 0.5) is 5.13 Å². The van der Waals surface area contributed by atoms with Crippen LogP contribution in [-0.2, 0) is 4.79 Å². The highest BCUT2D eigenvalue weighted by molar-refractivity contribution is 7.99. The molecule has 0 saturated heterocycles. The second kappa shape index (κ2) is 8.78. The Morgan fingerprint density at radius 2 is 1.92 bits per heavy atom. The maximum atomic E-state index is 12.1. The molecule has 1 N–H and O–H groups in total. The van der Waals surface area contributed by atoms with Gasteiger partial charge in [-0.05, 0) is 43.4 Å². The molecule has 128 valence electrons. The van der Waals surface area contributed by atoms with Gasteiger partial charge in [0.2, 0.25) is 5.91 Å². The lowest BCUT2D eigenvalue weighted by Crippen LogP contribution is -2.11. The Hall–Kier alpha value is -2.18. The topological polar surface area (TPSA) is 54.9 Å². The van der Waals surface area contributed by atoms with Crippen LogP contribution >= 0.6 is 23.1 Å². The van der Waals surface area contributed by atoms with Crippen molar-refractivity contribution in [2.75, 3.05) is 11.1 Å². The van der Waals surface area contributed by atoms with Crippen LogP contribution in [0.1, 0.15) is 18.4 Å². The zero-order valence-corrected chi connectivity index (χ0v) is 15.6. The van der Waals surface area contributed by atoms with E-state index in [1.54, 1.807) is 24.2 Å². The Labute approximate surface area is 155 Å². The summed E-state index contributed by atoms with van der Waals surface area (Å²) in [4.78, 5) is 21.7. The van der Waals surface area contributed by atoms with Crippen molar-refractivity contribution in [3.63, 3.8) is 0 Å². The van der Waals surface area contributed by atoms with E-state index < -0.39 is 0 Å². The molecule has 0 saturated carbocycles. The predicted molar refractivity (Wildman–Crippen MR) is 105 cm³/mol. The summed E-state index contributed by atoms with van der Waals surface area (Å²) < 4.78 is 0. The summed E-state index contributed by atoms with van der Waals surface area (Å²) in [5, 5.41) is 5.47. The number of carbonyl (C=O) groups excluding carboxylic acids is 1. The summed E-state index contributed by atoms with van der Waals surface area (Å²) in [5.41, 5.74) is 3.12. The lowest BCUT2D eigenvalue weighted by Gasteiger charge is -2.03. The number of hydrogen-bond acceptors (Lipinski definition) is 5. The highest BCUT2D eigenvalue weighted by Gasteiger charge is 2.08. The first-order chi connectivity index (χ1) is 12.2. The van der Waals surface area contributed by atoms with E-state index in [0.717, 1.165) is 23.4 Å². The Morgan fingerprint density at radius 3 is 2.68 bits per heavy atom. The maximum Gasteiger partial charge on any atom is 0.226 e. The third-order valence-corrected chi connectivity index (χ3v) is 5.42. The van der Waals surface area contributed by atoms with E-state index >= 15 is 0 Å². The minimum Gasteiger partial charge on any atom is -0.302 e. The number of thiazole rings is 1. The number of amides is 1. The summed E-state index contributed by atoms with van der Waals surface area (Å²) >= 11 is 3.22. The van der Waals surface area contributed by atoms with Gasteiger partial charge in [-0.15, -0.1) is 23.1 Å². The zero-order valence-electron chi connectivity index (χ0n) is 13.9. The molecule has 3 rings (SSSR count). The van der Waals surface area contributed by atoms with Crippen molar-refractivity contribution in [2.24, 2.45) is 0 Å². The fourth-order valence-corrected chi connectivity index (χ4v) is 3.81. The molecule has 0 aliphatic rings. The number of hydrogen-bond donors (Lipinski definition) is 1. The van der Waals surface area contributed by atoms with Crippen molar-refractivity contribution < 1.29 is 4.79 Å². The van der Waals surface area contributed by atoms with Crippen molar-refractivity contribution in [3.05, 3.63) is 59.7 Å². The molecule has 1 aromatic carbocycles. The minimum absolute atomic E-state index is 0.0140. The molecule has 3 aromatic rings. The average Bonchev–Trinajstić information content (AvgIpc) is 3.09. The van der Waals surface area contributed by atoms with Crippen molar-refractivity contribution >= 4 is 34.1 Å². The number of pyridine rings is 1. The predicted octanol–water partition coefficient (Wildman–Crippen LogP) is 5.02. The van der Waals surface area contributed by atoms with Gasteiger partial charge in [0.05, 0.1) is 5.69 Å². The number of aromatic nitrogens is 2. The lowest BCUT2D eigenvalue weighted by molar-refractivity contribution is -0.116. The van der Waals surface area contributed by atoms with Crippen LogP contribution in [0.5, 0.6) is 0 Å². The van der Waals surface area contributed by atoms with Gasteiger partial charge in [-0.1, -0.05) is 17.7 Å². The Bertz CT molecular complexity index is 816. The van der Waals surface area contributed by atoms with Crippen molar-refractivity contribution in [1.29, 1.82) is 0 Å². The summed E-state index contributed by atoms with van der Waals surface area (Å²) in [6, 6.07) is 12.3. The van der Waals surface area contributed by atoms with Gasteiger partial charge in [0.25, 0.3) is 0 Å². The van der Waals surface area contributed by atoms with Crippen LogP contribution < -0.4 is 5.32 Å². The molecular formula is C19H19N3OS2. The lowest BCUT2D eigenvalue weighted by atomic mass is 10.2. The summed E-state index contributed by atoms with van der Waals surface area (Å²) in [6.07, 6.45) is 4.81. The monoisotopic (exact) mass is 369 g/mol. The molecule has 0 radical (unpaired) electrons. The number of aryl methyl sites for hydroxylation is 1. The first-order valence-electron chi connectivity index (χ1n) is 8.06. The quantitative estimate of drug-likeness (QED) is 0.469. The first-order valence-corrected chi connectivity index (χ1v) is 9.92. The second-order valence-electron chi connectivity index (χ2n) is 5.59. The summed E-state index contributed by atoms with van der Waals surface area (Å²) in [5.74, 6) is 0.941. The second-order valence-corrected chi connectivity index (χ2v) is 7.61. The number of nitrogens with zero attached hydrogens (tertiary/aromatic N) is 2. The van der Waals surface area contributed by atoms with E-state index in [4.69, 9.17) is 0 Å². The third-order valence-electron chi connectivity index (χ3n) is 3.56. The zero-order chi connectivity index (χ0) is 17.5. The molecule has 4 nitrogen and oxygen atoms in total. The molecule has 0 spiro atoms. The van der Waals surface area contributed by atoms with E-state index in [1.165, 1.54) is 21.8 Å². The van der Waals surface area contributed by atoms with E-state index in [-0.39, 0.29) is 5.91 Å². The largest absolute Gasteiger partial charge is 0.302 e. The Balaban J connectivity index is 1.42. The van der Waals surface area contributed by atoms with Gasteiger partial charge in [0.15, 0.2) is 5.13 Å². The molecule has 0 atom stereocenters. The molecule has 25 heavy (non-hydrogen) atoms. The Morgan fingerprint density at radius 1 is 1.16 bits per heavy atom. The van der Waals surface area contributed by atoms with Crippen LogP contribution in [0.3, 0.4) is 0 Å². The van der Waals surface area contributed by atoms with E-state index in [1.807, 2.05) is 17.5 Å². The van der Waals surface area contributed by atoms with Gasteiger partial charge in [-0.3, -0.25) is 9.78 Å². The number of rotatable bonds is 7. The summed E-state index contributed by atoms with van der Waals surface area (Å²) in [6.45, 7) is 2.08. The van der Waals surface area contributed by atoms with Gasteiger partial charge in [-0.2, -0.15) is 0 Å². The average molecular weight is 370 g/mol. The van der Waals surface area contributed by atoms with E-state index in [9.17, 15) is 4.79 Å². The van der Waals surface area contributed by atoms with Crippen molar-refractivity contribution in [2.45, 2.75) is 24.7 Å². The molecule has 6 heteroatoms. The molecule has 0 unspecified atom stereocenters. The van der Waals surface area contributed by atoms with Crippen LogP contribution in [0.15, 0.2) is 59.1 Å². The van der Waals surface area contributed by atoms with Gasteiger partial charge < -0.3 is 5.32 Å². The fourth-order valence-electron chi connectivity index (χ4n) is 2.23. The maximum absolute atomic E-state index is 12.1. The van der Waals surface area contributed by atoms with Crippen molar-refractivity contribution in [3.8, 4) is 11.3 Å². The van der Waals surface area contributed by atoms with Gasteiger partial charge in [-0.25, -0.2) is 4.98 Å². The van der Waals surface area contributed by atoms with Crippen LogP contribution in [0.25, 0.3) is 11.3 Å². The highest BCUT2D eigenvalue weighted by atomic mass is 32.2. The molecular weight excluding hydrogens is 350 g/mol. The minimum atomic E-state index is 0.0140. The molecule has 2 aromatic heterocycles. The smallest absolute Gasteiger partial charge is 0.226 e. The number of carbonyl (C=O) groups is 1. The van der Waals surface area contributed by atoms with Crippen molar-refractivity contribution in [1.82, 2.24) is 9.97 Å². The molecule has 0 aliphatic carbocycles. The SMILES string of the molecule is Cc1ccc(SCCCC(=O)Nc2nc(-c3ccncc3)cs2)cc1. The summed E-state index contributed by atoms with van der Waals surface area (Å²) in [7, 11) is 0. The number of nitrogens with one attached hydrogen (secondary N) is 1. The Kier molecular flexibility index (Phi) is 6.19. The van der Waals surface area contributed by atoms with Crippen LogP contribution in [-0.4, -0.2) is 21.6 Å². The number of thioether (sulfide) groups is 1. The third kappa shape index (κ3) is 5.41. The van der Waals surface area contributed by atoms with Crippen LogP contribution in [0, 0.1) is 6.92 Å². The number of anilines is 1.